The van der Waals surface area contributed by atoms with Gasteiger partial charge in [-0.25, -0.2) is 0 Å². The molecule has 0 aromatic rings. The Morgan fingerprint density at radius 2 is 1.88 bits per heavy atom. The predicted molar refractivity (Wildman–Crippen MR) is 112 cm³/mol. The number of likely N-dealkylation sites (tertiary alicyclic amines) is 1. The summed E-state index contributed by atoms with van der Waals surface area (Å²) in [7, 11) is 3.41. The summed E-state index contributed by atoms with van der Waals surface area (Å²) in [5.41, 5.74) is -4.13. The van der Waals surface area contributed by atoms with Gasteiger partial charge in [-0.3, -0.25) is 4.90 Å². The van der Waals surface area contributed by atoms with Gasteiger partial charge >= 0.3 is 0 Å². The molecule has 13 atom stereocenters. The van der Waals surface area contributed by atoms with Gasteiger partial charge in [0.2, 0.25) is 0 Å². The quantitative estimate of drug-likeness (QED) is 0.557. The second kappa shape index (κ2) is 5.90. The van der Waals surface area contributed by atoms with Gasteiger partial charge in [0, 0.05) is 44.9 Å². The number of likely N-dealkylation sites (N-methyl/N-ethyl adjacent to an activating group) is 1. The molecule has 0 aromatic heterocycles. The summed E-state index contributed by atoms with van der Waals surface area (Å²) < 4.78 is 25.4. The van der Waals surface area contributed by atoms with E-state index < -0.39 is 34.4 Å². The molecule has 0 radical (unpaired) electrons. The van der Waals surface area contributed by atoms with Crippen LogP contribution in [0.3, 0.4) is 0 Å². The van der Waals surface area contributed by atoms with E-state index in [9.17, 15) is 15.3 Å². The second-order valence-electron chi connectivity index (χ2n) is 12.1. The fraction of sp³-hybridized carbons (Fsp3) is 1.00. The Balaban J connectivity index is 1.61. The number of piperidine rings is 1. The number of rotatable bonds is 3. The lowest BCUT2D eigenvalue weighted by atomic mass is 9.41. The van der Waals surface area contributed by atoms with Gasteiger partial charge in [0.05, 0.1) is 41.5 Å². The highest BCUT2D eigenvalue weighted by Gasteiger charge is 2.96. The number of fused-ring (bicyclic) bond motifs is 1. The van der Waals surface area contributed by atoms with Crippen molar-refractivity contribution in [2.45, 2.75) is 86.8 Å². The lowest BCUT2D eigenvalue weighted by molar-refractivity contribution is -0.332. The molecule has 0 amide bonds. The third-order valence-corrected chi connectivity index (χ3v) is 11.6. The van der Waals surface area contributed by atoms with Crippen LogP contribution in [0.25, 0.3) is 0 Å². The zero-order valence-electron chi connectivity index (χ0n) is 19.5. The van der Waals surface area contributed by atoms with Gasteiger partial charge in [0.1, 0.15) is 18.0 Å². The molecular formula is C24H37NO7. The average molecular weight is 452 g/mol. The number of nitrogens with zero attached hydrogens (tertiary/aromatic N) is 1. The first-order chi connectivity index (χ1) is 15.2. The molecule has 7 aliphatic rings. The molecule has 8 heteroatoms. The molecule has 2 saturated heterocycles. The first-order valence-electron chi connectivity index (χ1n) is 12.4. The van der Waals surface area contributed by atoms with E-state index >= 15 is 0 Å². The minimum Gasteiger partial charge on any atom is -0.393 e. The Morgan fingerprint density at radius 1 is 1.09 bits per heavy atom. The van der Waals surface area contributed by atoms with E-state index in [-0.39, 0.29) is 48.2 Å². The number of hydrogen-bond acceptors (Lipinski definition) is 8. The summed E-state index contributed by atoms with van der Waals surface area (Å²) >= 11 is 0. The molecule has 7 fully saturated rings. The van der Waals surface area contributed by atoms with Crippen LogP contribution in [0.5, 0.6) is 0 Å². The van der Waals surface area contributed by atoms with Crippen LogP contribution in [-0.4, -0.2) is 102 Å². The Labute approximate surface area is 189 Å². The van der Waals surface area contributed by atoms with Gasteiger partial charge < -0.3 is 34.3 Å². The van der Waals surface area contributed by atoms with Gasteiger partial charge in [-0.15, -0.1) is 0 Å². The molecule has 2 heterocycles. The third kappa shape index (κ3) is 1.68. The van der Waals surface area contributed by atoms with Gasteiger partial charge in [-0.1, -0.05) is 13.8 Å². The highest BCUT2D eigenvalue weighted by atomic mass is 16.7. The molecule has 3 N–H and O–H groups in total. The normalized spacial score (nSPS) is 66.5. The van der Waals surface area contributed by atoms with Crippen molar-refractivity contribution in [2.24, 2.45) is 28.6 Å². The van der Waals surface area contributed by atoms with Crippen molar-refractivity contribution in [3.8, 4) is 0 Å². The Kier molecular flexibility index (Phi) is 3.87. The van der Waals surface area contributed by atoms with Crippen molar-refractivity contribution in [3.63, 3.8) is 0 Å². The Morgan fingerprint density at radius 3 is 2.56 bits per heavy atom. The van der Waals surface area contributed by atoms with Gasteiger partial charge in [-0.2, -0.15) is 0 Å². The summed E-state index contributed by atoms with van der Waals surface area (Å²) in [6, 6.07) is -0.247. The molecule has 0 aromatic carbocycles. The van der Waals surface area contributed by atoms with E-state index in [0.29, 0.717) is 12.8 Å². The molecule has 7 rings (SSSR count). The van der Waals surface area contributed by atoms with Crippen LogP contribution in [0.4, 0.5) is 0 Å². The van der Waals surface area contributed by atoms with E-state index in [4.69, 9.17) is 18.9 Å². The molecule has 3 spiro atoms. The van der Waals surface area contributed by atoms with Crippen LogP contribution in [0.1, 0.15) is 39.5 Å². The minimum atomic E-state index is -1.20. The molecular weight excluding hydrogens is 414 g/mol. The lowest BCUT2D eigenvalue weighted by Gasteiger charge is -2.72. The van der Waals surface area contributed by atoms with Crippen LogP contribution in [-0.2, 0) is 18.9 Å². The maximum absolute atomic E-state index is 13.0. The van der Waals surface area contributed by atoms with Gasteiger partial charge in [0.25, 0.3) is 0 Å². The van der Waals surface area contributed by atoms with E-state index in [1.54, 1.807) is 14.2 Å². The Hall–Kier alpha value is -0.320. The fourth-order valence-electron chi connectivity index (χ4n) is 11.2. The standard InChI is InChI=1S/C24H37NO7/c1-5-25-10-20(2)7-6-14(29-3)23-17(20)18(27)24(19(23)25)22(31-11-32-24)9-13(26)12-8-21(23,28)16(22)15(12)30-4/h12-19,26-28H,5-11H2,1-4H3. The SMILES string of the molecule is CCN1CC2(C)CCC(OC)C34C2C(O)C2(OCOC25CC(O)C2CC3(O)C5C2OC)C14. The Bertz CT molecular complexity index is 858. The van der Waals surface area contributed by atoms with Crippen molar-refractivity contribution in [1.82, 2.24) is 4.90 Å². The van der Waals surface area contributed by atoms with E-state index in [2.05, 4.69) is 18.7 Å². The van der Waals surface area contributed by atoms with Crippen molar-refractivity contribution in [1.29, 1.82) is 0 Å². The summed E-state index contributed by atoms with van der Waals surface area (Å²) in [6.45, 7) is 6.14. The number of aliphatic hydroxyl groups excluding tert-OH is 2. The van der Waals surface area contributed by atoms with Gasteiger partial charge in [-0.05, 0) is 31.2 Å². The number of hydrogen-bond donors (Lipinski definition) is 3. The van der Waals surface area contributed by atoms with Gasteiger partial charge in [0.15, 0.2) is 0 Å². The summed E-state index contributed by atoms with van der Waals surface area (Å²) in [5, 5.41) is 36.7. The molecule has 32 heavy (non-hydrogen) atoms. The highest BCUT2D eigenvalue weighted by molar-refractivity contribution is 5.46. The molecule has 5 aliphatic carbocycles. The maximum Gasteiger partial charge on any atom is 0.148 e. The van der Waals surface area contributed by atoms with Crippen LogP contribution in [0.2, 0.25) is 0 Å². The molecule has 5 saturated carbocycles. The first kappa shape index (κ1) is 21.0. The van der Waals surface area contributed by atoms with Crippen molar-refractivity contribution >= 4 is 0 Å². The van der Waals surface area contributed by atoms with Crippen molar-refractivity contribution in [3.05, 3.63) is 0 Å². The minimum absolute atomic E-state index is 0.0582. The summed E-state index contributed by atoms with van der Waals surface area (Å²) in [4.78, 5) is 2.43. The van der Waals surface area contributed by atoms with Crippen molar-refractivity contribution in [2.75, 3.05) is 34.1 Å². The highest BCUT2D eigenvalue weighted by Crippen LogP contribution is 2.83. The van der Waals surface area contributed by atoms with Crippen LogP contribution < -0.4 is 0 Å². The third-order valence-electron chi connectivity index (χ3n) is 11.6. The van der Waals surface area contributed by atoms with Crippen LogP contribution in [0.15, 0.2) is 0 Å². The molecule has 7 bridgehead atoms. The topological polar surface area (TPSA) is 101 Å². The van der Waals surface area contributed by atoms with E-state index in [1.807, 2.05) is 0 Å². The number of methoxy groups -OCH3 is 2. The largest absolute Gasteiger partial charge is 0.393 e. The van der Waals surface area contributed by atoms with E-state index in [1.165, 1.54) is 0 Å². The summed E-state index contributed by atoms with van der Waals surface area (Å²) in [6.07, 6.45) is 0.502. The zero-order valence-corrected chi connectivity index (χ0v) is 19.5. The van der Waals surface area contributed by atoms with Crippen molar-refractivity contribution < 1.29 is 34.3 Å². The monoisotopic (exact) mass is 451 g/mol. The maximum atomic E-state index is 13.0. The molecule has 2 aliphatic heterocycles. The molecule has 13 unspecified atom stereocenters. The lowest BCUT2D eigenvalue weighted by Crippen LogP contribution is -2.85. The number of aliphatic hydroxyl groups is 3. The van der Waals surface area contributed by atoms with Crippen LogP contribution in [0, 0.1) is 28.6 Å². The fourth-order valence-corrected chi connectivity index (χ4v) is 11.2. The average Bonchev–Trinajstić information content (AvgIpc) is 3.31. The predicted octanol–water partition coefficient (Wildman–Crippen LogP) is 0.125. The smallest absolute Gasteiger partial charge is 0.148 e. The van der Waals surface area contributed by atoms with E-state index in [0.717, 1.165) is 25.9 Å². The first-order valence-corrected chi connectivity index (χ1v) is 12.4. The molecule has 8 nitrogen and oxygen atoms in total. The second-order valence-corrected chi connectivity index (χ2v) is 12.1. The number of ether oxygens (including phenoxy) is 4. The molecule has 180 valence electrons. The summed E-state index contributed by atoms with van der Waals surface area (Å²) in [5.74, 6) is -0.734. The van der Waals surface area contributed by atoms with Crippen LogP contribution >= 0.6 is 0 Å². The zero-order chi connectivity index (χ0) is 22.5.